The lowest BCUT2D eigenvalue weighted by atomic mass is 9.96. The second-order valence-corrected chi connectivity index (χ2v) is 11.6. The highest BCUT2D eigenvalue weighted by Crippen LogP contribution is 2.25. The van der Waals surface area contributed by atoms with E-state index in [1.165, 1.54) is 13.2 Å². The number of piperidine rings is 2. The van der Waals surface area contributed by atoms with Crippen LogP contribution in [0.1, 0.15) is 62.5 Å². The van der Waals surface area contributed by atoms with Gasteiger partial charge in [0.2, 0.25) is 11.8 Å². The SMILES string of the molecule is COC(=O)C(CCC#CCN1C(=O)CCCC1C=CC(=O)Cc1ccccc1)N1C(=O)CCCC1C=CC(=O)Cc1ccccc1. The van der Waals surface area contributed by atoms with Crippen molar-refractivity contribution in [2.24, 2.45) is 0 Å². The minimum atomic E-state index is -0.839. The van der Waals surface area contributed by atoms with Crippen LogP contribution in [0.4, 0.5) is 0 Å². The maximum absolute atomic E-state index is 13.1. The number of allylic oxidation sites excluding steroid dienone is 2. The molecule has 2 fully saturated rings. The van der Waals surface area contributed by atoms with Crippen molar-refractivity contribution in [3.8, 4) is 11.8 Å². The topological polar surface area (TPSA) is 101 Å². The largest absolute Gasteiger partial charge is 0.467 e. The Hall–Kier alpha value is -4.77. The second kappa shape index (κ2) is 17.6. The third-order valence-corrected chi connectivity index (χ3v) is 8.32. The van der Waals surface area contributed by atoms with Crippen molar-refractivity contribution in [1.29, 1.82) is 0 Å². The number of methoxy groups -OCH3 is 1. The number of likely N-dealkylation sites (tertiary alicyclic amines) is 2. The summed E-state index contributed by atoms with van der Waals surface area (Å²) in [5, 5.41) is 0. The van der Waals surface area contributed by atoms with Crippen LogP contribution < -0.4 is 0 Å². The molecule has 4 rings (SSSR count). The van der Waals surface area contributed by atoms with Crippen LogP contribution in [0.3, 0.4) is 0 Å². The molecular formula is C38H42N2O6. The van der Waals surface area contributed by atoms with Crippen LogP contribution in [0.2, 0.25) is 0 Å². The predicted octanol–water partition coefficient (Wildman–Crippen LogP) is 4.81. The van der Waals surface area contributed by atoms with Crippen LogP contribution in [0.25, 0.3) is 0 Å². The standard InChI is InChI=1S/C38H42N2O6/c1-46-38(45)35(40-32(18-12-21-37(40)44)23-25-34(42)28-30-15-7-3-8-16-30)19-9-4-10-26-39-31(17-11-20-36(39)43)22-24-33(41)27-29-13-5-2-6-14-29/h2-3,5-8,13-16,22-25,31-32,35H,9,11-12,17-21,26-28H2,1H3. The van der Waals surface area contributed by atoms with E-state index in [2.05, 4.69) is 11.8 Å². The zero-order valence-corrected chi connectivity index (χ0v) is 26.4. The van der Waals surface area contributed by atoms with E-state index in [1.54, 1.807) is 28.0 Å². The minimum Gasteiger partial charge on any atom is -0.467 e. The number of ketones is 2. The van der Waals surface area contributed by atoms with E-state index in [1.807, 2.05) is 60.7 Å². The zero-order valence-electron chi connectivity index (χ0n) is 26.4. The van der Waals surface area contributed by atoms with E-state index in [4.69, 9.17) is 4.74 Å². The monoisotopic (exact) mass is 622 g/mol. The van der Waals surface area contributed by atoms with Gasteiger partial charge in [0.25, 0.3) is 0 Å². The molecule has 0 saturated carbocycles. The van der Waals surface area contributed by atoms with Crippen LogP contribution >= 0.6 is 0 Å². The Balaban J connectivity index is 1.36. The summed E-state index contributed by atoms with van der Waals surface area (Å²) in [6.45, 7) is 0.209. The van der Waals surface area contributed by atoms with Crippen molar-refractivity contribution in [1.82, 2.24) is 9.80 Å². The highest BCUT2D eigenvalue weighted by Gasteiger charge is 2.36. The Morgan fingerprint density at radius 2 is 1.35 bits per heavy atom. The van der Waals surface area contributed by atoms with Crippen LogP contribution in [-0.4, -0.2) is 70.9 Å². The number of esters is 1. The maximum Gasteiger partial charge on any atom is 0.328 e. The van der Waals surface area contributed by atoms with E-state index < -0.39 is 18.1 Å². The Morgan fingerprint density at radius 3 is 1.93 bits per heavy atom. The lowest BCUT2D eigenvalue weighted by Gasteiger charge is -2.38. The fraction of sp³-hybridized carbons (Fsp3) is 0.395. The van der Waals surface area contributed by atoms with Gasteiger partial charge in [-0.05, 0) is 55.4 Å². The van der Waals surface area contributed by atoms with Crippen LogP contribution in [0, 0.1) is 11.8 Å². The first-order valence-corrected chi connectivity index (χ1v) is 16.0. The summed E-state index contributed by atoms with van der Waals surface area (Å²) in [6, 6.07) is 17.5. The van der Waals surface area contributed by atoms with E-state index in [9.17, 15) is 24.0 Å². The molecule has 2 heterocycles. The molecule has 8 nitrogen and oxygen atoms in total. The molecular weight excluding hydrogens is 580 g/mol. The molecule has 0 spiro atoms. The molecule has 2 aliphatic heterocycles. The average Bonchev–Trinajstić information content (AvgIpc) is 3.06. The summed E-state index contributed by atoms with van der Waals surface area (Å²) in [5.41, 5.74) is 1.85. The third kappa shape index (κ3) is 10.1. The Labute approximate surface area is 271 Å². The van der Waals surface area contributed by atoms with Crippen molar-refractivity contribution in [3.63, 3.8) is 0 Å². The van der Waals surface area contributed by atoms with Gasteiger partial charge < -0.3 is 14.5 Å². The fourth-order valence-electron chi connectivity index (χ4n) is 5.96. The number of rotatable bonds is 13. The first-order valence-electron chi connectivity index (χ1n) is 16.0. The lowest BCUT2D eigenvalue weighted by molar-refractivity contribution is -0.156. The molecule has 2 saturated heterocycles. The molecule has 0 bridgehead atoms. The zero-order chi connectivity index (χ0) is 32.7. The van der Waals surface area contributed by atoms with Gasteiger partial charge in [0.15, 0.2) is 11.6 Å². The molecule has 3 atom stereocenters. The van der Waals surface area contributed by atoms with Crippen LogP contribution in [0.5, 0.6) is 0 Å². The number of hydrogen-bond acceptors (Lipinski definition) is 6. The third-order valence-electron chi connectivity index (χ3n) is 8.32. The summed E-state index contributed by atoms with van der Waals surface area (Å²) in [5.74, 6) is 5.35. The summed E-state index contributed by atoms with van der Waals surface area (Å²) in [6.07, 6.45) is 11.3. The second-order valence-electron chi connectivity index (χ2n) is 11.6. The van der Waals surface area contributed by atoms with Crippen LogP contribution in [-0.2, 0) is 41.6 Å². The molecule has 3 unspecified atom stereocenters. The van der Waals surface area contributed by atoms with Crippen molar-refractivity contribution < 1.29 is 28.7 Å². The predicted molar refractivity (Wildman–Crippen MR) is 175 cm³/mol. The first-order chi connectivity index (χ1) is 22.4. The average molecular weight is 623 g/mol. The van der Waals surface area contributed by atoms with Gasteiger partial charge in [-0.25, -0.2) is 4.79 Å². The molecule has 240 valence electrons. The molecule has 0 aromatic heterocycles. The molecule has 46 heavy (non-hydrogen) atoms. The van der Waals surface area contributed by atoms with Crippen LogP contribution in [0.15, 0.2) is 85.0 Å². The fourth-order valence-corrected chi connectivity index (χ4v) is 5.96. The van der Waals surface area contributed by atoms with Gasteiger partial charge in [-0.3, -0.25) is 19.2 Å². The maximum atomic E-state index is 13.1. The van der Waals surface area contributed by atoms with E-state index >= 15 is 0 Å². The number of carbonyl (C=O) groups excluding carboxylic acids is 5. The summed E-state index contributed by atoms with van der Waals surface area (Å²) >= 11 is 0. The smallest absolute Gasteiger partial charge is 0.328 e. The normalized spacial score (nSPS) is 19.2. The molecule has 0 radical (unpaired) electrons. The highest BCUT2D eigenvalue weighted by atomic mass is 16.5. The number of hydrogen-bond donors (Lipinski definition) is 0. The Kier molecular flexibility index (Phi) is 13.1. The molecule has 2 aromatic carbocycles. The lowest BCUT2D eigenvalue weighted by Crippen LogP contribution is -2.52. The van der Waals surface area contributed by atoms with Gasteiger partial charge in [0.05, 0.1) is 25.7 Å². The van der Waals surface area contributed by atoms with Gasteiger partial charge in [0, 0.05) is 32.1 Å². The number of benzene rings is 2. The van der Waals surface area contributed by atoms with E-state index in [0.29, 0.717) is 38.5 Å². The summed E-state index contributed by atoms with van der Waals surface area (Å²) < 4.78 is 5.07. The van der Waals surface area contributed by atoms with Gasteiger partial charge in [-0.15, -0.1) is 5.92 Å². The van der Waals surface area contributed by atoms with Crippen molar-refractivity contribution in [2.75, 3.05) is 13.7 Å². The summed E-state index contributed by atoms with van der Waals surface area (Å²) in [7, 11) is 1.30. The minimum absolute atomic E-state index is 0.00602. The highest BCUT2D eigenvalue weighted by molar-refractivity contribution is 5.92. The molecule has 2 aromatic rings. The first kappa shape index (κ1) is 34.1. The molecule has 0 aliphatic carbocycles. The van der Waals surface area contributed by atoms with Gasteiger partial charge in [-0.2, -0.15) is 0 Å². The summed E-state index contributed by atoms with van der Waals surface area (Å²) in [4.78, 5) is 67.1. The van der Waals surface area contributed by atoms with Crippen molar-refractivity contribution in [3.05, 3.63) is 96.1 Å². The number of carbonyl (C=O) groups is 5. The Bertz CT molecular complexity index is 1490. The van der Waals surface area contributed by atoms with Gasteiger partial charge in [0.1, 0.15) is 6.04 Å². The van der Waals surface area contributed by atoms with Crippen molar-refractivity contribution in [2.45, 2.75) is 82.3 Å². The van der Waals surface area contributed by atoms with Gasteiger partial charge >= 0.3 is 5.97 Å². The quantitative estimate of drug-likeness (QED) is 0.181. The molecule has 0 N–H and O–H groups in total. The number of ether oxygens (including phenoxy) is 1. The van der Waals surface area contributed by atoms with E-state index in [0.717, 1.165) is 24.0 Å². The Morgan fingerprint density at radius 1 is 0.804 bits per heavy atom. The molecule has 2 aliphatic rings. The van der Waals surface area contributed by atoms with Crippen molar-refractivity contribution >= 4 is 29.4 Å². The number of amides is 2. The number of nitrogens with zero attached hydrogens (tertiary/aromatic N) is 2. The molecule has 8 heteroatoms. The van der Waals surface area contributed by atoms with E-state index in [-0.39, 0.29) is 48.8 Å². The van der Waals surface area contributed by atoms with Gasteiger partial charge in [-0.1, -0.05) is 78.7 Å². The molecule has 2 amide bonds.